The van der Waals surface area contributed by atoms with Gasteiger partial charge in [-0.1, -0.05) is 6.92 Å². The van der Waals surface area contributed by atoms with E-state index in [1.807, 2.05) is 20.8 Å². The lowest BCUT2D eigenvalue weighted by Crippen LogP contribution is -2.54. The number of carbonyl (C=O) groups excluding carboxylic acids is 1. The zero-order valence-electron chi connectivity index (χ0n) is 12.4. The molecule has 0 aromatic heterocycles. The van der Waals surface area contributed by atoms with E-state index in [4.69, 9.17) is 14.6 Å². The number of aliphatic hydroxyl groups is 2. The summed E-state index contributed by atoms with van der Waals surface area (Å²) in [7, 11) is 1.45. The number of carbonyl (C=O) groups is 1. The largest absolute Gasteiger partial charge is 0.394 e. The second-order valence-corrected chi connectivity index (χ2v) is 4.81. The van der Waals surface area contributed by atoms with Crippen LogP contribution in [0.1, 0.15) is 34.1 Å². The van der Waals surface area contributed by atoms with Crippen LogP contribution >= 0.6 is 0 Å². The summed E-state index contributed by atoms with van der Waals surface area (Å²) in [6.45, 7) is 6.65. The van der Waals surface area contributed by atoms with Crippen molar-refractivity contribution in [3.8, 4) is 0 Å². The lowest BCUT2D eigenvalue weighted by Gasteiger charge is -2.35. The van der Waals surface area contributed by atoms with Gasteiger partial charge in [0.1, 0.15) is 18.3 Å². The maximum atomic E-state index is 11.2. The SMILES string of the molecule is CC[C@@H](NC(C)=O)C(OC(C)C)[C@H](OC)C(O)CO. The van der Waals surface area contributed by atoms with Crippen molar-refractivity contribution < 1.29 is 24.5 Å². The van der Waals surface area contributed by atoms with Crippen LogP contribution in [0.15, 0.2) is 0 Å². The number of nitrogens with one attached hydrogen (secondary N) is 1. The van der Waals surface area contributed by atoms with Crippen molar-refractivity contribution in [3.63, 3.8) is 0 Å². The topological polar surface area (TPSA) is 88.0 Å². The quantitative estimate of drug-likeness (QED) is 0.555. The first-order valence-electron chi connectivity index (χ1n) is 6.61. The molecular weight excluding hydrogens is 250 g/mol. The summed E-state index contributed by atoms with van der Waals surface area (Å²) >= 11 is 0. The van der Waals surface area contributed by atoms with Gasteiger partial charge < -0.3 is 25.0 Å². The van der Waals surface area contributed by atoms with Gasteiger partial charge >= 0.3 is 0 Å². The van der Waals surface area contributed by atoms with E-state index in [-0.39, 0.29) is 18.1 Å². The minimum atomic E-state index is -1.06. The van der Waals surface area contributed by atoms with E-state index in [1.54, 1.807) is 0 Å². The van der Waals surface area contributed by atoms with Gasteiger partial charge in [0.2, 0.25) is 5.91 Å². The molecule has 0 aliphatic rings. The average Bonchev–Trinajstić information content (AvgIpc) is 2.34. The van der Waals surface area contributed by atoms with Crippen molar-refractivity contribution in [2.75, 3.05) is 13.7 Å². The Bertz CT molecular complexity index is 259. The standard InChI is InChI=1S/C13H27NO5/c1-6-10(14-9(4)16)12(19-8(2)3)13(18-5)11(17)7-15/h8,10-13,15,17H,6-7H2,1-5H3,(H,14,16)/t10-,11?,12?,13-/m1/s1. The highest BCUT2D eigenvalue weighted by molar-refractivity contribution is 5.73. The first-order valence-corrected chi connectivity index (χ1v) is 6.61. The van der Waals surface area contributed by atoms with Gasteiger partial charge in [-0.15, -0.1) is 0 Å². The molecule has 0 saturated heterocycles. The first-order chi connectivity index (χ1) is 8.87. The van der Waals surface area contributed by atoms with Gasteiger partial charge in [0.05, 0.1) is 18.8 Å². The molecular formula is C13H27NO5. The molecule has 0 aromatic carbocycles. The summed E-state index contributed by atoms with van der Waals surface area (Å²) in [5, 5.41) is 21.7. The second-order valence-electron chi connectivity index (χ2n) is 4.81. The zero-order chi connectivity index (χ0) is 15.0. The maximum Gasteiger partial charge on any atom is 0.217 e. The summed E-state index contributed by atoms with van der Waals surface area (Å²) in [6, 6.07) is -0.286. The molecule has 2 unspecified atom stereocenters. The molecule has 0 aliphatic heterocycles. The minimum absolute atomic E-state index is 0.0867. The highest BCUT2D eigenvalue weighted by Gasteiger charge is 2.35. The predicted molar refractivity (Wildman–Crippen MR) is 71.8 cm³/mol. The predicted octanol–water partition coefficient (Wildman–Crippen LogP) is 0.0629. The van der Waals surface area contributed by atoms with Gasteiger partial charge in [0.25, 0.3) is 0 Å². The van der Waals surface area contributed by atoms with Gasteiger partial charge in [-0.05, 0) is 20.3 Å². The number of aliphatic hydroxyl groups excluding tert-OH is 2. The molecule has 6 heteroatoms. The first kappa shape index (κ1) is 18.3. The Hall–Kier alpha value is -0.690. The van der Waals surface area contributed by atoms with Crippen molar-refractivity contribution in [3.05, 3.63) is 0 Å². The van der Waals surface area contributed by atoms with E-state index in [9.17, 15) is 9.90 Å². The van der Waals surface area contributed by atoms with Gasteiger partial charge in [0, 0.05) is 14.0 Å². The molecule has 0 radical (unpaired) electrons. The van der Waals surface area contributed by atoms with Crippen molar-refractivity contribution in [1.82, 2.24) is 5.32 Å². The number of hydrogen-bond donors (Lipinski definition) is 3. The zero-order valence-corrected chi connectivity index (χ0v) is 12.4. The lowest BCUT2D eigenvalue weighted by atomic mass is 9.98. The van der Waals surface area contributed by atoms with Gasteiger partial charge in [0.15, 0.2) is 0 Å². The monoisotopic (exact) mass is 277 g/mol. The Morgan fingerprint density at radius 1 is 1.32 bits per heavy atom. The highest BCUT2D eigenvalue weighted by Crippen LogP contribution is 2.17. The molecule has 0 fully saturated rings. The lowest BCUT2D eigenvalue weighted by molar-refractivity contribution is -0.146. The summed E-state index contributed by atoms with van der Waals surface area (Å²) in [6.07, 6.45) is -1.74. The Kier molecular flexibility index (Phi) is 8.92. The molecule has 114 valence electrons. The molecule has 6 nitrogen and oxygen atoms in total. The average molecular weight is 277 g/mol. The van der Waals surface area contributed by atoms with Gasteiger partial charge in [-0.25, -0.2) is 0 Å². The van der Waals surface area contributed by atoms with Crippen molar-refractivity contribution in [2.45, 2.75) is 64.6 Å². The molecule has 1 amide bonds. The Morgan fingerprint density at radius 3 is 2.21 bits per heavy atom. The summed E-state index contributed by atoms with van der Waals surface area (Å²) in [4.78, 5) is 11.2. The van der Waals surface area contributed by atoms with E-state index >= 15 is 0 Å². The minimum Gasteiger partial charge on any atom is -0.394 e. The van der Waals surface area contributed by atoms with E-state index in [0.29, 0.717) is 6.42 Å². The van der Waals surface area contributed by atoms with Crippen LogP contribution in [0.5, 0.6) is 0 Å². The van der Waals surface area contributed by atoms with Crippen molar-refractivity contribution in [2.24, 2.45) is 0 Å². The fourth-order valence-corrected chi connectivity index (χ4v) is 2.01. The molecule has 0 bridgehead atoms. The number of rotatable bonds is 9. The molecule has 19 heavy (non-hydrogen) atoms. The van der Waals surface area contributed by atoms with Crippen LogP contribution in [-0.2, 0) is 14.3 Å². The van der Waals surface area contributed by atoms with Gasteiger partial charge in [-0.3, -0.25) is 4.79 Å². The number of methoxy groups -OCH3 is 1. The third kappa shape index (κ3) is 6.33. The molecule has 0 aromatic rings. The number of ether oxygens (including phenoxy) is 2. The molecule has 0 aliphatic carbocycles. The molecule has 0 saturated carbocycles. The molecule has 3 N–H and O–H groups in total. The van der Waals surface area contributed by atoms with E-state index in [2.05, 4.69) is 5.32 Å². The second kappa shape index (κ2) is 9.25. The molecule has 0 heterocycles. The molecule has 0 spiro atoms. The molecule has 0 rings (SSSR count). The smallest absolute Gasteiger partial charge is 0.217 e. The summed E-state index contributed by atoms with van der Waals surface area (Å²) in [5.41, 5.74) is 0. The number of amides is 1. The fraction of sp³-hybridized carbons (Fsp3) is 0.923. The van der Waals surface area contributed by atoms with Crippen molar-refractivity contribution in [1.29, 1.82) is 0 Å². The Labute approximate surface area is 115 Å². The van der Waals surface area contributed by atoms with Crippen LogP contribution in [-0.4, -0.2) is 60.3 Å². The van der Waals surface area contributed by atoms with Crippen LogP contribution in [0.3, 0.4) is 0 Å². The Morgan fingerprint density at radius 2 is 1.89 bits per heavy atom. The third-order valence-electron chi connectivity index (χ3n) is 2.82. The number of hydrogen-bond acceptors (Lipinski definition) is 5. The Balaban J connectivity index is 5.07. The van der Waals surface area contributed by atoms with E-state index < -0.39 is 24.9 Å². The highest BCUT2D eigenvalue weighted by atomic mass is 16.5. The van der Waals surface area contributed by atoms with Crippen LogP contribution < -0.4 is 5.32 Å². The van der Waals surface area contributed by atoms with Crippen LogP contribution in [0.25, 0.3) is 0 Å². The fourth-order valence-electron chi connectivity index (χ4n) is 2.01. The summed E-state index contributed by atoms with van der Waals surface area (Å²) < 4.78 is 11.0. The normalized spacial score (nSPS) is 17.9. The van der Waals surface area contributed by atoms with Crippen molar-refractivity contribution >= 4 is 5.91 Å². The summed E-state index contributed by atoms with van der Waals surface area (Å²) in [5.74, 6) is -0.169. The third-order valence-corrected chi connectivity index (χ3v) is 2.82. The van der Waals surface area contributed by atoms with E-state index in [1.165, 1.54) is 14.0 Å². The van der Waals surface area contributed by atoms with Crippen LogP contribution in [0.2, 0.25) is 0 Å². The van der Waals surface area contributed by atoms with Gasteiger partial charge in [-0.2, -0.15) is 0 Å². The maximum absolute atomic E-state index is 11.2. The van der Waals surface area contributed by atoms with Crippen LogP contribution in [0, 0.1) is 0 Å². The van der Waals surface area contributed by atoms with Crippen LogP contribution in [0.4, 0.5) is 0 Å². The molecule has 4 atom stereocenters. The van der Waals surface area contributed by atoms with E-state index in [0.717, 1.165) is 0 Å².